The molecule has 0 aliphatic rings. The van der Waals surface area contributed by atoms with Crippen LogP contribution >= 0.6 is 0 Å². The molecule has 93 valence electrons. The molecule has 18 heavy (non-hydrogen) atoms. The number of hydrogen-bond donors (Lipinski definition) is 0. The highest BCUT2D eigenvalue weighted by atomic mass is 16.5. The van der Waals surface area contributed by atoms with Crippen molar-refractivity contribution in [2.24, 2.45) is 0 Å². The van der Waals surface area contributed by atoms with E-state index in [-0.39, 0.29) is 0 Å². The Labute approximate surface area is 109 Å². The van der Waals surface area contributed by atoms with Gasteiger partial charge in [0, 0.05) is 0 Å². The molecule has 0 heterocycles. The molecule has 0 aliphatic carbocycles. The lowest BCUT2D eigenvalue weighted by atomic mass is 10.1. The maximum Gasteiger partial charge on any atom is 0.131 e. The van der Waals surface area contributed by atoms with Gasteiger partial charge in [0.25, 0.3) is 0 Å². The van der Waals surface area contributed by atoms with Gasteiger partial charge in [-0.3, -0.25) is 0 Å². The van der Waals surface area contributed by atoms with Crippen LogP contribution < -0.4 is 4.74 Å². The van der Waals surface area contributed by atoms with Crippen molar-refractivity contribution >= 4 is 0 Å². The molecule has 0 aromatic heterocycles. The van der Waals surface area contributed by atoms with Crippen molar-refractivity contribution in [3.8, 4) is 11.5 Å². The van der Waals surface area contributed by atoms with Gasteiger partial charge in [-0.25, -0.2) is 0 Å². The number of rotatable bonds is 4. The van der Waals surface area contributed by atoms with E-state index in [9.17, 15) is 0 Å². The van der Waals surface area contributed by atoms with E-state index in [4.69, 9.17) is 4.74 Å². The van der Waals surface area contributed by atoms with E-state index in [1.54, 1.807) is 0 Å². The molecule has 0 amide bonds. The highest BCUT2D eigenvalue weighted by molar-refractivity contribution is 5.43. The lowest BCUT2D eigenvalue weighted by Gasteiger charge is -2.13. The second kappa shape index (κ2) is 5.72. The average molecular weight is 239 g/mol. The molecule has 1 radical (unpaired) electrons. The molecule has 2 aromatic carbocycles. The highest BCUT2D eigenvalue weighted by Gasteiger charge is 2.06. The number of aryl methyl sites for hydroxylation is 2. The lowest BCUT2D eigenvalue weighted by Crippen LogP contribution is -1.94. The van der Waals surface area contributed by atoms with Crippen LogP contribution in [0.25, 0.3) is 0 Å². The SMILES string of the molecule is CCCc1cc[c]cc1Oc1cccc(C)c1C. The Morgan fingerprint density at radius 1 is 1.11 bits per heavy atom. The zero-order chi connectivity index (χ0) is 13.0. The summed E-state index contributed by atoms with van der Waals surface area (Å²) in [7, 11) is 0. The predicted octanol–water partition coefficient (Wildman–Crippen LogP) is 4.85. The first-order valence-electron chi connectivity index (χ1n) is 6.45. The molecule has 0 aliphatic heterocycles. The fraction of sp³-hybridized carbons (Fsp3) is 0.294. The Morgan fingerprint density at radius 2 is 1.94 bits per heavy atom. The van der Waals surface area contributed by atoms with Gasteiger partial charge in [0.15, 0.2) is 0 Å². The molecular formula is C17H19O. The molecular weight excluding hydrogens is 220 g/mol. The first-order chi connectivity index (χ1) is 8.72. The van der Waals surface area contributed by atoms with Gasteiger partial charge in [0.05, 0.1) is 0 Å². The fourth-order valence-electron chi connectivity index (χ4n) is 1.97. The van der Waals surface area contributed by atoms with Gasteiger partial charge in [-0.05, 0) is 55.2 Å². The van der Waals surface area contributed by atoms with Crippen LogP contribution in [0.3, 0.4) is 0 Å². The lowest BCUT2D eigenvalue weighted by molar-refractivity contribution is 0.471. The van der Waals surface area contributed by atoms with Gasteiger partial charge >= 0.3 is 0 Å². The van der Waals surface area contributed by atoms with E-state index in [1.165, 1.54) is 16.7 Å². The molecule has 0 saturated heterocycles. The van der Waals surface area contributed by atoms with Gasteiger partial charge in [-0.1, -0.05) is 37.6 Å². The molecule has 2 rings (SSSR count). The molecule has 0 unspecified atom stereocenters. The van der Waals surface area contributed by atoms with Crippen molar-refractivity contribution in [1.29, 1.82) is 0 Å². The Morgan fingerprint density at radius 3 is 2.72 bits per heavy atom. The molecule has 1 heteroatoms. The van der Waals surface area contributed by atoms with Crippen LogP contribution in [0, 0.1) is 19.9 Å². The zero-order valence-electron chi connectivity index (χ0n) is 11.3. The summed E-state index contributed by atoms with van der Waals surface area (Å²) in [6.07, 6.45) is 2.15. The minimum absolute atomic E-state index is 0.924. The number of hydrogen-bond acceptors (Lipinski definition) is 1. The van der Waals surface area contributed by atoms with Crippen LogP contribution in [-0.4, -0.2) is 0 Å². The molecule has 0 saturated carbocycles. The summed E-state index contributed by atoms with van der Waals surface area (Å²) in [5.41, 5.74) is 3.70. The highest BCUT2D eigenvalue weighted by Crippen LogP contribution is 2.29. The van der Waals surface area contributed by atoms with Crippen molar-refractivity contribution < 1.29 is 4.74 Å². The second-order valence-electron chi connectivity index (χ2n) is 4.58. The summed E-state index contributed by atoms with van der Waals surface area (Å²) in [6.45, 7) is 6.38. The predicted molar refractivity (Wildman–Crippen MR) is 75.3 cm³/mol. The normalized spacial score (nSPS) is 10.4. The van der Waals surface area contributed by atoms with Gasteiger partial charge in [0.1, 0.15) is 11.5 Å². The molecule has 2 aromatic rings. The van der Waals surface area contributed by atoms with E-state index in [2.05, 4.69) is 39.0 Å². The maximum atomic E-state index is 6.04. The van der Waals surface area contributed by atoms with Gasteiger partial charge < -0.3 is 4.74 Å². The molecule has 0 fully saturated rings. The minimum atomic E-state index is 0.924. The molecule has 1 nitrogen and oxygen atoms in total. The summed E-state index contributed by atoms with van der Waals surface area (Å²) in [5.74, 6) is 1.86. The van der Waals surface area contributed by atoms with Crippen LogP contribution in [0.15, 0.2) is 36.4 Å². The third-order valence-corrected chi connectivity index (χ3v) is 3.21. The Balaban J connectivity index is 2.31. The Hall–Kier alpha value is -1.76. The van der Waals surface area contributed by atoms with Crippen LogP contribution in [0.5, 0.6) is 11.5 Å². The molecule has 0 spiro atoms. The van der Waals surface area contributed by atoms with Gasteiger partial charge in [-0.2, -0.15) is 0 Å². The quantitative estimate of drug-likeness (QED) is 0.741. The largest absolute Gasteiger partial charge is 0.457 e. The van der Waals surface area contributed by atoms with Crippen LogP contribution in [0.2, 0.25) is 0 Å². The van der Waals surface area contributed by atoms with Crippen LogP contribution in [-0.2, 0) is 6.42 Å². The van der Waals surface area contributed by atoms with Crippen molar-refractivity contribution in [1.82, 2.24) is 0 Å². The summed E-state index contributed by atoms with van der Waals surface area (Å²) in [4.78, 5) is 0. The van der Waals surface area contributed by atoms with E-state index >= 15 is 0 Å². The van der Waals surface area contributed by atoms with E-state index in [1.807, 2.05) is 24.3 Å². The summed E-state index contributed by atoms with van der Waals surface area (Å²) in [6, 6.07) is 15.2. The molecule has 0 N–H and O–H groups in total. The minimum Gasteiger partial charge on any atom is -0.457 e. The van der Waals surface area contributed by atoms with E-state index < -0.39 is 0 Å². The third kappa shape index (κ3) is 2.73. The number of benzene rings is 2. The van der Waals surface area contributed by atoms with Crippen LogP contribution in [0.1, 0.15) is 30.0 Å². The summed E-state index contributed by atoms with van der Waals surface area (Å²) >= 11 is 0. The van der Waals surface area contributed by atoms with E-state index in [0.717, 1.165) is 24.3 Å². The van der Waals surface area contributed by atoms with Crippen molar-refractivity contribution in [3.05, 3.63) is 59.2 Å². The summed E-state index contributed by atoms with van der Waals surface area (Å²) in [5, 5.41) is 0. The average Bonchev–Trinajstić information content (AvgIpc) is 2.37. The zero-order valence-corrected chi connectivity index (χ0v) is 11.3. The van der Waals surface area contributed by atoms with Crippen molar-refractivity contribution in [2.45, 2.75) is 33.6 Å². The van der Waals surface area contributed by atoms with Gasteiger partial charge in [-0.15, -0.1) is 0 Å². The number of ether oxygens (including phenoxy) is 1. The molecule has 0 bridgehead atoms. The fourth-order valence-corrected chi connectivity index (χ4v) is 1.97. The smallest absolute Gasteiger partial charge is 0.131 e. The standard InChI is InChI=1S/C17H19O/c1-4-8-15-10-5-6-11-17(15)18-16-12-7-9-13(2)14(16)3/h5,7,9-12H,4,8H2,1-3H3. The maximum absolute atomic E-state index is 6.04. The monoisotopic (exact) mass is 239 g/mol. The first-order valence-corrected chi connectivity index (χ1v) is 6.45. The topological polar surface area (TPSA) is 9.23 Å². The first kappa shape index (κ1) is 12.7. The summed E-state index contributed by atoms with van der Waals surface area (Å²) < 4.78 is 6.04. The Bertz CT molecular complexity index is 529. The molecule has 0 atom stereocenters. The van der Waals surface area contributed by atoms with Crippen molar-refractivity contribution in [2.75, 3.05) is 0 Å². The third-order valence-electron chi connectivity index (χ3n) is 3.21. The van der Waals surface area contributed by atoms with Crippen molar-refractivity contribution in [3.63, 3.8) is 0 Å². The van der Waals surface area contributed by atoms with Crippen LogP contribution in [0.4, 0.5) is 0 Å². The van der Waals surface area contributed by atoms with E-state index in [0.29, 0.717) is 0 Å². The Kier molecular flexibility index (Phi) is 4.03. The second-order valence-corrected chi connectivity index (χ2v) is 4.58. The van der Waals surface area contributed by atoms with Gasteiger partial charge in [0.2, 0.25) is 0 Å².